The summed E-state index contributed by atoms with van der Waals surface area (Å²) in [5, 5.41) is -0.0137. The van der Waals surface area contributed by atoms with Crippen LogP contribution in [0.5, 0.6) is 0 Å². The van der Waals surface area contributed by atoms with Gasteiger partial charge in [-0.15, -0.1) is 0 Å². The third kappa shape index (κ3) is 2.43. The number of halogens is 1. The molecule has 0 amide bonds. The molecule has 0 aromatic carbocycles. The standard InChI is InChI=1S/C7H10ClN3O2/c1-4(9)2-11-3-5(8)6(12)10-7(11)13/h3-4H,2,9H2,1H3,(H,10,12,13). The fraction of sp³-hybridized carbons (Fsp3) is 0.429. The molecule has 13 heavy (non-hydrogen) atoms. The van der Waals surface area contributed by atoms with Crippen molar-refractivity contribution in [3.63, 3.8) is 0 Å². The van der Waals surface area contributed by atoms with Gasteiger partial charge in [0.1, 0.15) is 5.02 Å². The van der Waals surface area contributed by atoms with Crippen molar-refractivity contribution >= 4 is 11.6 Å². The van der Waals surface area contributed by atoms with Crippen LogP contribution in [0.4, 0.5) is 0 Å². The van der Waals surface area contributed by atoms with Gasteiger partial charge in [0, 0.05) is 18.8 Å². The lowest BCUT2D eigenvalue weighted by molar-refractivity contribution is 0.561. The number of rotatable bonds is 2. The molecule has 1 rings (SSSR count). The summed E-state index contributed by atoms with van der Waals surface area (Å²) in [4.78, 5) is 24.0. The van der Waals surface area contributed by atoms with Gasteiger partial charge in [0.25, 0.3) is 5.56 Å². The minimum Gasteiger partial charge on any atom is -0.326 e. The molecule has 0 fully saturated rings. The summed E-state index contributed by atoms with van der Waals surface area (Å²) < 4.78 is 1.27. The highest BCUT2D eigenvalue weighted by Gasteiger charge is 2.03. The van der Waals surface area contributed by atoms with Crippen molar-refractivity contribution in [1.29, 1.82) is 0 Å². The van der Waals surface area contributed by atoms with Crippen LogP contribution in [0.2, 0.25) is 5.02 Å². The van der Waals surface area contributed by atoms with E-state index in [-0.39, 0.29) is 11.1 Å². The zero-order chi connectivity index (χ0) is 10.0. The Morgan fingerprint density at radius 1 is 1.69 bits per heavy atom. The Labute approximate surface area is 79.1 Å². The highest BCUT2D eigenvalue weighted by molar-refractivity contribution is 6.30. The van der Waals surface area contributed by atoms with Crippen LogP contribution in [0, 0.1) is 0 Å². The summed E-state index contributed by atoms with van der Waals surface area (Å²) in [6.07, 6.45) is 1.28. The molecule has 3 N–H and O–H groups in total. The van der Waals surface area contributed by atoms with Gasteiger partial charge in [0.2, 0.25) is 0 Å². The number of aromatic nitrogens is 2. The number of hydrogen-bond donors (Lipinski definition) is 2. The predicted octanol–water partition coefficient (Wildman–Crippen LogP) is -0.463. The minimum absolute atomic E-state index is 0.0137. The monoisotopic (exact) mass is 203 g/mol. The smallest absolute Gasteiger partial charge is 0.326 e. The zero-order valence-electron chi connectivity index (χ0n) is 7.08. The van der Waals surface area contributed by atoms with E-state index >= 15 is 0 Å². The lowest BCUT2D eigenvalue weighted by Crippen LogP contribution is -2.34. The molecule has 0 saturated carbocycles. The summed E-state index contributed by atoms with van der Waals surface area (Å²) >= 11 is 5.52. The SMILES string of the molecule is CC(N)Cn1cc(Cl)c(=O)[nH]c1=O. The van der Waals surface area contributed by atoms with E-state index in [1.165, 1.54) is 10.8 Å². The van der Waals surface area contributed by atoms with Crippen LogP contribution in [0.1, 0.15) is 6.92 Å². The summed E-state index contributed by atoms with van der Waals surface area (Å²) in [6, 6.07) is -0.167. The van der Waals surface area contributed by atoms with Gasteiger partial charge in [-0.3, -0.25) is 14.3 Å². The van der Waals surface area contributed by atoms with Crippen LogP contribution in [-0.4, -0.2) is 15.6 Å². The first kappa shape index (κ1) is 10.0. The highest BCUT2D eigenvalue weighted by Crippen LogP contribution is 1.95. The topological polar surface area (TPSA) is 80.9 Å². The molecule has 0 spiro atoms. The number of nitrogens with two attached hydrogens (primary N) is 1. The fourth-order valence-electron chi connectivity index (χ4n) is 0.929. The Morgan fingerprint density at radius 2 is 2.31 bits per heavy atom. The van der Waals surface area contributed by atoms with Gasteiger partial charge in [-0.05, 0) is 6.92 Å². The molecular weight excluding hydrogens is 194 g/mol. The molecule has 1 aromatic heterocycles. The maximum atomic E-state index is 11.1. The lowest BCUT2D eigenvalue weighted by Gasteiger charge is -2.07. The molecule has 1 heterocycles. The van der Waals surface area contributed by atoms with Gasteiger partial charge < -0.3 is 5.73 Å². The molecule has 0 aliphatic heterocycles. The summed E-state index contributed by atoms with van der Waals surface area (Å²) in [5.41, 5.74) is 4.42. The van der Waals surface area contributed by atoms with E-state index in [1.807, 2.05) is 0 Å². The summed E-state index contributed by atoms with van der Waals surface area (Å²) in [6.45, 7) is 2.08. The van der Waals surface area contributed by atoms with Crippen molar-refractivity contribution in [2.24, 2.45) is 5.73 Å². The molecule has 1 unspecified atom stereocenters. The minimum atomic E-state index is -0.576. The van der Waals surface area contributed by atoms with Gasteiger partial charge in [-0.25, -0.2) is 4.79 Å². The van der Waals surface area contributed by atoms with E-state index in [4.69, 9.17) is 17.3 Å². The van der Waals surface area contributed by atoms with E-state index in [1.54, 1.807) is 6.92 Å². The molecule has 0 aliphatic rings. The molecule has 1 atom stereocenters. The van der Waals surface area contributed by atoms with Crippen LogP contribution in [-0.2, 0) is 6.54 Å². The van der Waals surface area contributed by atoms with Crippen molar-refractivity contribution in [3.05, 3.63) is 32.1 Å². The van der Waals surface area contributed by atoms with Crippen molar-refractivity contribution < 1.29 is 0 Å². The maximum absolute atomic E-state index is 11.1. The molecule has 72 valence electrons. The third-order valence-electron chi connectivity index (χ3n) is 1.45. The number of nitrogens with zero attached hydrogens (tertiary/aromatic N) is 1. The number of aromatic amines is 1. The van der Waals surface area contributed by atoms with E-state index in [0.29, 0.717) is 6.54 Å². The molecule has 0 aliphatic carbocycles. The van der Waals surface area contributed by atoms with E-state index in [9.17, 15) is 9.59 Å². The zero-order valence-corrected chi connectivity index (χ0v) is 7.84. The second-order valence-corrected chi connectivity index (χ2v) is 3.27. The molecule has 1 aromatic rings. The van der Waals surface area contributed by atoms with Crippen LogP contribution >= 0.6 is 11.6 Å². The first-order chi connectivity index (χ1) is 6.00. The van der Waals surface area contributed by atoms with E-state index in [0.717, 1.165) is 0 Å². The average molecular weight is 204 g/mol. The highest BCUT2D eigenvalue weighted by atomic mass is 35.5. The molecule has 0 saturated heterocycles. The second-order valence-electron chi connectivity index (χ2n) is 2.87. The van der Waals surface area contributed by atoms with E-state index in [2.05, 4.69) is 4.98 Å². The Kier molecular flexibility index (Phi) is 2.90. The van der Waals surface area contributed by atoms with Crippen molar-refractivity contribution in [2.75, 3.05) is 0 Å². The normalized spacial score (nSPS) is 12.8. The largest absolute Gasteiger partial charge is 0.328 e. The summed E-state index contributed by atoms with van der Waals surface area (Å²) in [7, 11) is 0. The molecule has 0 bridgehead atoms. The first-order valence-electron chi connectivity index (χ1n) is 3.75. The van der Waals surface area contributed by atoms with Crippen LogP contribution in [0.15, 0.2) is 15.8 Å². The van der Waals surface area contributed by atoms with Gasteiger partial charge >= 0.3 is 5.69 Å². The second kappa shape index (κ2) is 3.76. The van der Waals surface area contributed by atoms with Gasteiger partial charge in [-0.2, -0.15) is 0 Å². The quantitative estimate of drug-likeness (QED) is 0.683. The Bertz CT molecular complexity index is 407. The fourth-order valence-corrected chi connectivity index (χ4v) is 1.09. The Hall–Kier alpha value is -1.07. The summed E-state index contributed by atoms with van der Waals surface area (Å²) in [5.74, 6) is 0. The molecule has 5 nitrogen and oxygen atoms in total. The van der Waals surface area contributed by atoms with Crippen LogP contribution in [0.3, 0.4) is 0 Å². The Balaban J connectivity index is 3.17. The van der Waals surface area contributed by atoms with Crippen molar-refractivity contribution in [2.45, 2.75) is 19.5 Å². The number of H-pyrrole nitrogens is 1. The third-order valence-corrected chi connectivity index (χ3v) is 1.72. The first-order valence-corrected chi connectivity index (χ1v) is 4.13. The molecule has 6 heteroatoms. The number of nitrogens with one attached hydrogen (secondary N) is 1. The molecule has 0 radical (unpaired) electrons. The lowest BCUT2D eigenvalue weighted by atomic mass is 10.3. The van der Waals surface area contributed by atoms with Gasteiger partial charge in [0.05, 0.1) is 0 Å². The van der Waals surface area contributed by atoms with Gasteiger partial charge in [-0.1, -0.05) is 11.6 Å². The molecular formula is C7H10ClN3O2. The van der Waals surface area contributed by atoms with E-state index < -0.39 is 11.2 Å². The van der Waals surface area contributed by atoms with Crippen molar-refractivity contribution in [3.8, 4) is 0 Å². The maximum Gasteiger partial charge on any atom is 0.328 e. The predicted molar refractivity (Wildman–Crippen MR) is 50.0 cm³/mol. The Morgan fingerprint density at radius 3 is 2.85 bits per heavy atom. The van der Waals surface area contributed by atoms with Crippen molar-refractivity contribution in [1.82, 2.24) is 9.55 Å². The average Bonchev–Trinajstić information content (AvgIpc) is 1.99. The van der Waals surface area contributed by atoms with Gasteiger partial charge in [0.15, 0.2) is 0 Å². The van der Waals surface area contributed by atoms with Crippen LogP contribution < -0.4 is 17.0 Å². The number of hydrogen-bond acceptors (Lipinski definition) is 3. The van der Waals surface area contributed by atoms with Crippen LogP contribution in [0.25, 0.3) is 0 Å².